The summed E-state index contributed by atoms with van der Waals surface area (Å²) < 4.78 is 11.2. The fourth-order valence-electron chi connectivity index (χ4n) is 2.77. The molecule has 7 heteroatoms. The van der Waals surface area contributed by atoms with Crippen molar-refractivity contribution >= 4 is 34.8 Å². The molecule has 0 spiro atoms. The average molecular weight is 439 g/mol. The first kappa shape index (κ1) is 22.2. The van der Waals surface area contributed by atoms with E-state index in [0.717, 1.165) is 0 Å². The second-order valence-electron chi connectivity index (χ2n) is 6.66. The molecule has 0 aliphatic heterocycles. The molecule has 0 saturated heterocycles. The number of halogens is 1. The van der Waals surface area contributed by atoms with Crippen molar-refractivity contribution < 1.29 is 19.1 Å². The zero-order valence-corrected chi connectivity index (χ0v) is 18.0. The predicted molar refractivity (Wildman–Crippen MR) is 122 cm³/mol. The minimum atomic E-state index is -0.728. The summed E-state index contributed by atoms with van der Waals surface area (Å²) in [7, 11) is 0. The highest BCUT2D eigenvalue weighted by Gasteiger charge is 2.16. The first-order valence-electron chi connectivity index (χ1n) is 9.82. The van der Waals surface area contributed by atoms with Gasteiger partial charge in [-0.05, 0) is 74.5 Å². The van der Waals surface area contributed by atoms with Gasteiger partial charge in [0.2, 0.25) is 0 Å². The molecule has 1 atom stereocenters. The molecule has 6 nitrogen and oxygen atoms in total. The summed E-state index contributed by atoms with van der Waals surface area (Å²) in [5.74, 6) is 0.521. The van der Waals surface area contributed by atoms with Gasteiger partial charge in [-0.2, -0.15) is 0 Å². The van der Waals surface area contributed by atoms with E-state index in [1.807, 2.05) is 19.1 Å². The summed E-state index contributed by atoms with van der Waals surface area (Å²) in [5, 5.41) is 6.20. The summed E-state index contributed by atoms with van der Waals surface area (Å²) in [4.78, 5) is 24.9. The highest BCUT2D eigenvalue weighted by atomic mass is 35.5. The van der Waals surface area contributed by atoms with Gasteiger partial charge in [-0.3, -0.25) is 9.59 Å². The van der Waals surface area contributed by atoms with Crippen LogP contribution < -0.4 is 20.1 Å². The van der Waals surface area contributed by atoms with E-state index in [9.17, 15) is 9.59 Å². The molecule has 0 aromatic heterocycles. The summed E-state index contributed by atoms with van der Waals surface area (Å²) in [6.07, 6.45) is -0.728. The molecule has 3 rings (SSSR count). The lowest BCUT2D eigenvalue weighted by Gasteiger charge is -2.15. The number of carbonyl (C=O) groups is 2. The quantitative estimate of drug-likeness (QED) is 0.494. The standard InChI is InChI=1S/C24H23ClN2O4/c1-3-30-22-7-5-4-6-21(22)27-24(29)17-8-14-20(15-9-17)31-16(2)23(28)26-19-12-10-18(25)11-13-19/h4-16H,3H2,1-2H3,(H,26,28)(H,27,29)/t16-/m0/s1. The van der Waals surface area contributed by atoms with Gasteiger partial charge in [-0.1, -0.05) is 23.7 Å². The third kappa shape index (κ3) is 6.23. The monoisotopic (exact) mass is 438 g/mol. The molecule has 2 N–H and O–H groups in total. The Kier molecular flexibility index (Phi) is 7.51. The van der Waals surface area contributed by atoms with Crippen molar-refractivity contribution in [2.24, 2.45) is 0 Å². The molecular formula is C24H23ClN2O4. The Morgan fingerprint density at radius 1 is 0.935 bits per heavy atom. The van der Waals surface area contributed by atoms with Gasteiger partial charge in [-0.15, -0.1) is 0 Å². The van der Waals surface area contributed by atoms with Gasteiger partial charge in [-0.25, -0.2) is 0 Å². The molecule has 31 heavy (non-hydrogen) atoms. The fraction of sp³-hybridized carbons (Fsp3) is 0.167. The maximum atomic E-state index is 12.6. The smallest absolute Gasteiger partial charge is 0.265 e. The Hall–Kier alpha value is -3.51. The highest BCUT2D eigenvalue weighted by molar-refractivity contribution is 6.30. The van der Waals surface area contributed by atoms with Crippen LogP contribution in [0.1, 0.15) is 24.2 Å². The van der Waals surface area contributed by atoms with Crippen LogP contribution in [0, 0.1) is 0 Å². The number of hydrogen-bond acceptors (Lipinski definition) is 4. The number of hydrogen-bond donors (Lipinski definition) is 2. The lowest BCUT2D eigenvalue weighted by atomic mass is 10.2. The summed E-state index contributed by atoms with van der Waals surface area (Å²) in [5.41, 5.74) is 1.68. The van der Waals surface area contributed by atoms with E-state index >= 15 is 0 Å². The molecular weight excluding hydrogens is 416 g/mol. The Morgan fingerprint density at radius 2 is 1.61 bits per heavy atom. The van der Waals surface area contributed by atoms with Crippen LogP contribution in [-0.4, -0.2) is 24.5 Å². The van der Waals surface area contributed by atoms with E-state index in [1.165, 1.54) is 0 Å². The van der Waals surface area contributed by atoms with Gasteiger partial charge >= 0.3 is 0 Å². The number of carbonyl (C=O) groups excluding carboxylic acids is 2. The van der Waals surface area contributed by atoms with Crippen molar-refractivity contribution in [3.8, 4) is 11.5 Å². The molecule has 0 saturated carbocycles. The highest BCUT2D eigenvalue weighted by Crippen LogP contribution is 2.24. The summed E-state index contributed by atoms with van der Waals surface area (Å²) >= 11 is 5.85. The number of anilines is 2. The van der Waals surface area contributed by atoms with Gasteiger partial charge < -0.3 is 20.1 Å². The largest absolute Gasteiger partial charge is 0.492 e. The maximum absolute atomic E-state index is 12.6. The molecule has 0 fully saturated rings. The Balaban J connectivity index is 1.58. The molecule has 3 aromatic carbocycles. The molecule has 0 aliphatic rings. The van der Waals surface area contributed by atoms with E-state index in [2.05, 4.69) is 10.6 Å². The van der Waals surface area contributed by atoms with Crippen molar-refractivity contribution in [2.45, 2.75) is 20.0 Å². The number of para-hydroxylation sites is 2. The lowest BCUT2D eigenvalue weighted by Crippen LogP contribution is -2.30. The van der Waals surface area contributed by atoms with Crippen molar-refractivity contribution in [3.63, 3.8) is 0 Å². The fourth-order valence-corrected chi connectivity index (χ4v) is 2.89. The molecule has 160 valence electrons. The lowest BCUT2D eigenvalue weighted by molar-refractivity contribution is -0.122. The Bertz CT molecular complexity index is 1040. The van der Waals surface area contributed by atoms with Crippen LogP contribution in [0.4, 0.5) is 11.4 Å². The maximum Gasteiger partial charge on any atom is 0.265 e. The van der Waals surface area contributed by atoms with Crippen LogP contribution in [0.15, 0.2) is 72.8 Å². The van der Waals surface area contributed by atoms with Crippen LogP contribution in [-0.2, 0) is 4.79 Å². The van der Waals surface area contributed by atoms with Gasteiger partial charge in [0, 0.05) is 16.3 Å². The number of benzene rings is 3. The third-order valence-electron chi connectivity index (χ3n) is 4.35. The molecule has 0 bridgehead atoms. The van der Waals surface area contributed by atoms with Gasteiger partial charge in [0.1, 0.15) is 11.5 Å². The molecule has 3 aromatic rings. The normalized spacial score (nSPS) is 11.3. The number of nitrogens with one attached hydrogen (secondary N) is 2. The van der Waals surface area contributed by atoms with Crippen LogP contribution in [0.25, 0.3) is 0 Å². The van der Waals surface area contributed by atoms with E-state index < -0.39 is 6.10 Å². The first-order chi connectivity index (χ1) is 15.0. The number of ether oxygens (including phenoxy) is 2. The van der Waals surface area contributed by atoms with E-state index in [1.54, 1.807) is 67.6 Å². The molecule has 0 unspecified atom stereocenters. The number of amides is 2. The van der Waals surface area contributed by atoms with E-state index in [-0.39, 0.29) is 11.8 Å². The topological polar surface area (TPSA) is 76.7 Å². The van der Waals surface area contributed by atoms with Gasteiger partial charge in [0.25, 0.3) is 11.8 Å². The predicted octanol–water partition coefficient (Wildman–Crippen LogP) is 5.40. The Labute approximate surface area is 186 Å². The minimum Gasteiger partial charge on any atom is -0.492 e. The average Bonchev–Trinajstić information content (AvgIpc) is 2.77. The van der Waals surface area contributed by atoms with Gasteiger partial charge in [0.05, 0.1) is 12.3 Å². The zero-order chi connectivity index (χ0) is 22.2. The van der Waals surface area contributed by atoms with Crippen molar-refractivity contribution in [1.82, 2.24) is 0 Å². The second kappa shape index (κ2) is 10.5. The first-order valence-corrected chi connectivity index (χ1v) is 10.2. The molecule has 0 radical (unpaired) electrons. The van der Waals surface area contributed by atoms with Crippen LogP contribution in [0.3, 0.4) is 0 Å². The zero-order valence-electron chi connectivity index (χ0n) is 17.2. The molecule has 0 aliphatic carbocycles. The van der Waals surface area contributed by atoms with Crippen LogP contribution in [0.2, 0.25) is 5.02 Å². The van der Waals surface area contributed by atoms with Crippen molar-refractivity contribution in [1.29, 1.82) is 0 Å². The summed E-state index contributed by atoms with van der Waals surface area (Å²) in [6.45, 7) is 4.04. The third-order valence-corrected chi connectivity index (χ3v) is 4.60. The van der Waals surface area contributed by atoms with Crippen molar-refractivity contribution in [2.75, 3.05) is 17.2 Å². The summed E-state index contributed by atoms with van der Waals surface area (Å²) in [6, 6.07) is 20.6. The number of rotatable bonds is 8. The molecule has 0 heterocycles. The van der Waals surface area contributed by atoms with Crippen molar-refractivity contribution in [3.05, 3.63) is 83.4 Å². The van der Waals surface area contributed by atoms with Crippen LogP contribution >= 0.6 is 11.6 Å². The minimum absolute atomic E-state index is 0.271. The van der Waals surface area contributed by atoms with E-state index in [0.29, 0.717) is 40.1 Å². The van der Waals surface area contributed by atoms with Gasteiger partial charge in [0.15, 0.2) is 6.10 Å². The van der Waals surface area contributed by atoms with Crippen LogP contribution in [0.5, 0.6) is 11.5 Å². The second-order valence-corrected chi connectivity index (χ2v) is 7.10. The SMILES string of the molecule is CCOc1ccccc1NC(=O)c1ccc(O[C@@H](C)C(=O)Nc2ccc(Cl)cc2)cc1. The Morgan fingerprint density at radius 3 is 2.29 bits per heavy atom. The van der Waals surface area contributed by atoms with E-state index in [4.69, 9.17) is 21.1 Å². The molecule has 2 amide bonds.